The zero-order valence-electron chi connectivity index (χ0n) is 11.6. The molecule has 19 heavy (non-hydrogen) atoms. The summed E-state index contributed by atoms with van der Waals surface area (Å²) in [5.41, 5.74) is 9.36. The predicted octanol–water partition coefficient (Wildman–Crippen LogP) is 2.97. The molecule has 0 aliphatic carbocycles. The van der Waals surface area contributed by atoms with Gasteiger partial charge < -0.3 is 10.3 Å². The molecule has 0 saturated carbocycles. The van der Waals surface area contributed by atoms with Crippen LogP contribution in [0.5, 0.6) is 0 Å². The molecule has 0 spiro atoms. The number of hydrogen-bond acceptors (Lipinski definition) is 2. The van der Waals surface area contributed by atoms with Gasteiger partial charge in [-0.15, -0.1) is 0 Å². The van der Waals surface area contributed by atoms with Crippen LogP contribution < -0.4 is 5.73 Å². The average molecular weight is 261 g/mol. The van der Waals surface area contributed by atoms with Crippen molar-refractivity contribution in [2.75, 3.05) is 0 Å². The molecule has 2 unspecified atom stereocenters. The van der Waals surface area contributed by atoms with Crippen LogP contribution >= 0.6 is 0 Å². The number of imidazole rings is 1. The summed E-state index contributed by atoms with van der Waals surface area (Å²) in [6, 6.07) is 6.51. The van der Waals surface area contributed by atoms with E-state index in [0.717, 1.165) is 23.4 Å². The van der Waals surface area contributed by atoms with Crippen molar-refractivity contribution in [3.8, 4) is 0 Å². The number of hydrogen-bond donors (Lipinski definition) is 1. The van der Waals surface area contributed by atoms with E-state index in [0.29, 0.717) is 0 Å². The average Bonchev–Trinajstić information content (AvgIpc) is 2.73. The van der Waals surface area contributed by atoms with Crippen LogP contribution in [-0.4, -0.2) is 15.6 Å². The van der Waals surface area contributed by atoms with Gasteiger partial charge in [0.25, 0.3) is 0 Å². The second kappa shape index (κ2) is 5.53. The van der Waals surface area contributed by atoms with Crippen molar-refractivity contribution in [1.82, 2.24) is 9.55 Å². The van der Waals surface area contributed by atoms with Crippen molar-refractivity contribution in [2.24, 2.45) is 5.73 Å². The Bertz CT molecular complexity index is 545. The normalized spacial score (nSPS) is 14.4. The highest BCUT2D eigenvalue weighted by Gasteiger charge is 2.22. The smallest absolute Gasteiger partial charge is 0.123 e. The van der Waals surface area contributed by atoms with Crippen LogP contribution in [0.2, 0.25) is 0 Å². The van der Waals surface area contributed by atoms with Crippen molar-refractivity contribution in [3.05, 3.63) is 53.4 Å². The first-order chi connectivity index (χ1) is 9.04. The van der Waals surface area contributed by atoms with Crippen molar-refractivity contribution < 1.29 is 4.39 Å². The molecule has 0 radical (unpaired) electrons. The summed E-state index contributed by atoms with van der Waals surface area (Å²) < 4.78 is 15.1. The Hall–Kier alpha value is -1.68. The number of aryl methyl sites for hydroxylation is 1. The lowest BCUT2D eigenvalue weighted by molar-refractivity contribution is 0.451. The third-order valence-electron chi connectivity index (χ3n) is 3.67. The zero-order chi connectivity index (χ0) is 14.0. The lowest BCUT2D eigenvalue weighted by Gasteiger charge is -2.26. The van der Waals surface area contributed by atoms with E-state index in [9.17, 15) is 4.39 Å². The number of benzene rings is 1. The summed E-state index contributed by atoms with van der Waals surface area (Å²) >= 11 is 0. The fourth-order valence-corrected chi connectivity index (χ4v) is 2.29. The van der Waals surface area contributed by atoms with Crippen molar-refractivity contribution in [1.29, 1.82) is 0 Å². The number of nitrogens with zero attached hydrogens (tertiary/aromatic N) is 2. The van der Waals surface area contributed by atoms with Crippen LogP contribution in [0.1, 0.15) is 36.3 Å². The highest BCUT2D eigenvalue weighted by molar-refractivity contribution is 5.25. The topological polar surface area (TPSA) is 43.8 Å². The van der Waals surface area contributed by atoms with Crippen molar-refractivity contribution >= 4 is 0 Å². The maximum absolute atomic E-state index is 13.1. The van der Waals surface area contributed by atoms with E-state index < -0.39 is 0 Å². The Morgan fingerprint density at radius 1 is 1.26 bits per heavy atom. The molecule has 2 N–H and O–H groups in total. The molecule has 0 aliphatic rings. The molecule has 3 nitrogen and oxygen atoms in total. The first-order valence-electron chi connectivity index (χ1n) is 6.55. The van der Waals surface area contributed by atoms with E-state index in [1.807, 2.05) is 20.2 Å². The highest BCUT2D eigenvalue weighted by atomic mass is 19.1. The zero-order valence-corrected chi connectivity index (χ0v) is 11.6. The second-order valence-electron chi connectivity index (χ2n) is 4.89. The molecule has 1 aromatic carbocycles. The van der Waals surface area contributed by atoms with Crippen molar-refractivity contribution in [2.45, 2.75) is 39.3 Å². The highest BCUT2D eigenvalue weighted by Crippen LogP contribution is 2.25. The fourth-order valence-electron chi connectivity index (χ4n) is 2.29. The van der Waals surface area contributed by atoms with Gasteiger partial charge in [-0.25, -0.2) is 9.37 Å². The molecule has 0 fully saturated rings. The number of nitrogens with two attached hydrogens (primary N) is 1. The van der Waals surface area contributed by atoms with E-state index >= 15 is 0 Å². The molecule has 4 heteroatoms. The van der Waals surface area contributed by atoms with Crippen LogP contribution in [0.15, 0.2) is 30.6 Å². The molecule has 1 heterocycles. The van der Waals surface area contributed by atoms with E-state index in [-0.39, 0.29) is 17.9 Å². The van der Waals surface area contributed by atoms with Gasteiger partial charge in [-0.1, -0.05) is 19.1 Å². The van der Waals surface area contributed by atoms with Gasteiger partial charge in [0, 0.05) is 11.7 Å². The Morgan fingerprint density at radius 3 is 2.37 bits per heavy atom. The first-order valence-corrected chi connectivity index (χ1v) is 6.55. The van der Waals surface area contributed by atoms with Crippen LogP contribution in [0, 0.1) is 19.7 Å². The van der Waals surface area contributed by atoms with E-state index in [1.165, 1.54) is 12.1 Å². The monoisotopic (exact) mass is 261 g/mol. The minimum Gasteiger partial charge on any atom is -0.326 e. The molecule has 0 aliphatic heterocycles. The molecule has 1 aromatic heterocycles. The van der Waals surface area contributed by atoms with Gasteiger partial charge in [-0.3, -0.25) is 0 Å². The van der Waals surface area contributed by atoms with Gasteiger partial charge in [-0.2, -0.15) is 0 Å². The number of rotatable bonds is 4. The minimum absolute atomic E-state index is 0.00759. The molecular formula is C15H20FN3. The standard InChI is InChI=1S/C15H20FN3/c1-4-14(17)15(12-5-7-13(16)8-6-12)19-9-18-10(2)11(19)3/h5-9,14-15H,4,17H2,1-3H3. The Kier molecular flexibility index (Phi) is 4.00. The summed E-state index contributed by atoms with van der Waals surface area (Å²) in [7, 11) is 0. The minimum atomic E-state index is -0.230. The molecule has 102 valence electrons. The van der Waals surface area contributed by atoms with Gasteiger partial charge in [0.05, 0.1) is 18.1 Å². The maximum Gasteiger partial charge on any atom is 0.123 e. The quantitative estimate of drug-likeness (QED) is 0.919. The first kappa shape index (κ1) is 13.7. The van der Waals surface area contributed by atoms with E-state index in [4.69, 9.17) is 5.73 Å². The number of aromatic nitrogens is 2. The summed E-state index contributed by atoms with van der Waals surface area (Å²) in [6.07, 6.45) is 2.66. The van der Waals surface area contributed by atoms with Crippen LogP contribution in [0.25, 0.3) is 0 Å². The van der Waals surface area contributed by atoms with Gasteiger partial charge in [0.15, 0.2) is 0 Å². The number of halogens is 1. The van der Waals surface area contributed by atoms with E-state index in [1.54, 1.807) is 12.1 Å². The van der Waals surface area contributed by atoms with Gasteiger partial charge in [0.1, 0.15) is 5.82 Å². The fraction of sp³-hybridized carbons (Fsp3) is 0.400. The van der Waals surface area contributed by atoms with Crippen LogP contribution in [-0.2, 0) is 0 Å². The molecular weight excluding hydrogens is 241 g/mol. The van der Waals surface area contributed by atoms with E-state index in [2.05, 4.69) is 16.5 Å². The predicted molar refractivity (Wildman–Crippen MR) is 74.5 cm³/mol. The largest absolute Gasteiger partial charge is 0.326 e. The SMILES string of the molecule is CCC(N)C(c1ccc(F)cc1)n1cnc(C)c1C. The summed E-state index contributed by atoms with van der Waals surface area (Å²) in [5, 5.41) is 0. The van der Waals surface area contributed by atoms with Crippen molar-refractivity contribution in [3.63, 3.8) is 0 Å². The summed E-state index contributed by atoms with van der Waals surface area (Å²) in [6.45, 7) is 6.06. The second-order valence-corrected chi connectivity index (χ2v) is 4.89. The molecule has 2 rings (SSSR count). The summed E-state index contributed by atoms with van der Waals surface area (Å²) in [4.78, 5) is 4.33. The molecule has 0 amide bonds. The Labute approximate surface area is 113 Å². The van der Waals surface area contributed by atoms with Gasteiger partial charge in [-0.05, 0) is 38.0 Å². The third-order valence-corrected chi connectivity index (χ3v) is 3.67. The lowest BCUT2D eigenvalue weighted by atomic mass is 9.97. The lowest BCUT2D eigenvalue weighted by Crippen LogP contribution is -2.32. The third kappa shape index (κ3) is 2.68. The Morgan fingerprint density at radius 2 is 1.89 bits per heavy atom. The van der Waals surface area contributed by atoms with Crippen LogP contribution in [0.4, 0.5) is 4.39 Å². The summed E-state index contributed by atoms with van der Waals surface area (Å²) in [5.74, 6) is -0.230. The molecule has 0 saturated heterocycles. The molecule has 0 bridgehead atoms. The maximum atomic E-state index is 13.1. The molecule has 2 atom stereocenters. The molecule has 2 aromatic rings. The van der Waals surface area contributed by atoms with Crippen LogP contribution in [0.3, 0.4) is 0 Å². The van der Waals surface area contributed by atoms with Gasteiger partial charge >= 0.3 is 0 Å². The Balaban J connectivity index is 2.47. The van der Waals surface area contributed by atoms with Gasteiger partial charge in [0.2, 0.25) is 0 Å².